The summed E-state index contributed by atoms with van der Waals surface area (Å²) in [5, 5.41) is 15.7. The van der Waals surface area contributed by atoms with E-state index in [9.17, 15) is 4.79 Å². The highest BCUT2D eigenvalue weighted by Crippen LogP contribution is 2.28. The quantitative estimate of drug-likeness (QED) is 0.255. The molecule has 0 radical (unpaired) electrons. The Morgan fingerprint density at radius 3 is 2.39 bits per heavy atom. The molecular formula is C26H23Cl2N7O. The summed E-state index contributed by atoms with van der Waals surface area (Å²) in [6.07, 6.45) is 6.97. The number of imidazole rings is 1. The van der Waals surface area contributed by atoms with E-state index in [0.717, 1.165) is 59.3 Å². The lowest BCUT2D eigenvalue weighted by atomic mass is 10.0. The van der Waals surface area contributed by atoms with Crippen LogP contribution in [0.4, 0.5) is 0 Å². The molecule has 0 amide bonds. The third-order valence-electron chi connectivity index (χ3n) is 6.08. The van der Waals surface area contributed by atoms with E-state index in [4.69, 9.17) is 23.2 Å². The van der Waals surface area contributed by atoms with Gasteiger partial charge in [-0.15, -0.1) is 10.2 Å². The summed E-state index contributed by atoms with van der Waals surface area (Å²) < 4.78 is 1.76. The molecule has 2 N–H and O–H groups in total. The molecule has 5 rings (SSSR count). The molecule has 3 heterocycles. The predicted octanol–water partition coefficient (Wildman–Crippen LogP) is 5.34. The van der Waals surface area contributed by atoms with E-state index in [2.05, 4.69) is 30.6 Å². The molecule has 182 valence electrons. The molecule has 0 saturated carbocycles. The summed E-state index contributed by atoms with van der Waals surface area (Å²) >= 11 is 12.6. The van der Waals surface area contributed by atoms with Gasteiger partial charge in [-0.1, -0.05) is 59.6 Å². The van der Waals surface area contributed by atoms with Gasteiger partial charge in [-0.25, -0.2) is 4.79 Å². The molecule has 10 heteroatoms. The fourth-order valence-electron chi connectivity index (χ4n) is 4.23. The first-order valence-electron chi connectivity index (χ1n) is 11.6. The first-order valence-corrected chi connectivity index (χ1v) is 12.3. The van der Waals surface area contributed by atoms with Crippen molar-refractivity contribution in [2.24, 2.45) is 0 Å². The van der Waals surface area contributed by atoms with Crippen LogP contribution < -0.4 is 5.69 Å². The SMILES string of the molecule is O=c1[nH]cc(CCCCc2c(Cl)cccc2Cl)n1Cc1ccc(-c2ccccc2-c2nn[nH]n2)nc1. The number of nitrogens with zero attached hydrogens (tertiary/aromatic N) is 5. The summed E-state index contributed by atoms with van der Waals surface area (Å²) in [5.41, 5.74) is 5.26. The van der Waals surface area contributed by atoms with Gasteiger partial charge in [0.25, 0.3) is 0 Å². The van der Waals surface area contributed by atoms with Crippen molar-refractivity contribution in [1.29, 1.82) is 0 Å². The molecule has 0 bridgehead atoms. The molecule has 8 nitrogen and oxygen atoms in total. The standard InChI is InChI=1S/C26H23Cl2N7O/c27-22-10-5-11-23(28)21(22)9-2-1-6-18-15-30-26(36)35(18)16-17-12-13-24(29-14-17)19-7-3-4-8-20(19)25-31-33-34-32-25/h3-5,7-8,10-15H,1-2,6,9,16H2,(H,30,36)(H,31,32,33,34). The maximum atomic E-state index is 12.5. The third kappa shape index (κ3) is 5.24. The number of nitrogens with one attached hydrogen (secondary N) is 2. The minimum absolute atomic E-state index is 0.134. The van der Waals surface area contributed by atoms with E-state index in [0.29, 0.717) is 22.4 Å². The molecule has 5 aromatic rings. The van der Waals surface area contributed by atoms with Crippen LogP contribution in [0.15, 0.2) is 71.8 Å². The first-order chi connectivity index (χ1) is 17.6. The minimum Gasteiger partial charge on any atom is -0.312 e. The number of rotatable bonds is 9. The molecule has 0 atom stereocenters. The van der Waals surface area contributed by atoms with Crippen LogP contribution in [0.25, 0.3) is 22.6 Å². The molecule has 2 aromatic carbocycles. The van der Waals surface area contributed by atoms with Gasteiger partial charge in [0.2, 0.25) is 5.82 Å². The number of pyridine rings is 1. The van der Waals surface area contributed by atoms with Gasteiger partial charge in [0.15, 0.2) is 0 Å². The summed E-state index contributed by atoms with van der Waals surface area (Å²) in [7, 11) is 0. The lowest BCUT2D eigenvalue weighted by molar-refractivity contribution is 0.661. The van der Waals surface area contributed by atoms with Crippen LogP contribution in [0.2, 0.25) is 10.0 Å². The van der Waals surface area contributed by atoms with Crippen molar-refractivity contribution in [3.8, 4) is 22.6 Å². The second kappa shape index (κ2) is 10.9. The van der Waals surface area contributed by atoms with Gasteiger partial charge in [-0.2, -0.15) is 5.21 Å². The van der Waals surface area contributed by atoms with Gasteiger partial charge in [0.1, 0.15) is 0 Å². The molecule has 0 saturated heterocycles. The Morgan fingerprint density at radius 1 is 0.889 bits per heavy atom. The normalized spacial score (nSPS) is 11.2. The average molecular weight is 520 g/mol. The molecule has 0 unspecified atom stereocenters. The van der Waals surface area contributed by atoms with Crippen LogP contribution >= 0.6 is 23.2 Å². The van der Waals surface area contributed by atoms with Crippen molar-refractivity contribution in [3.05, 3.63) is 104 Å². The molecule has 0 aliphatic carbocycles. The molecule has 0 spiro atoms. The van der Waals surface area contributed by atoms with E-state index >= 15 is 0 Å². The van der Waals surface area contributed by atoms with Crippen molar-refractivity contribution in [3.63, 3.8) is 0 Å². The molecule has 0 fully saturated rings. The number of halogens is 2. The first kappa shape index (κ1) is 24.0. The monoisotopic (exact) mass is 519 g/mol. The predicted molar refractivity (Wildman–Crippen MR) is 140 cm³/mol. The minimum atomic E-state index is -0.134. The fraction of sp³-hybridized carbons (Fsp3) is 0.192. The summed E-state index contributed by atoms with van der Waals surface area (Å²) in [5.74, 6) is 0.511. The Bertz CT molecular complexity index is 1490. The number of H-pyrrole nitrogens is 2. The number of aromatic nitrogens is 7. The lowest BCUT2D eigenvalue weighted by Gasteiger charge is -2.10. The van der Waals surface area contributed by atoms with Crippen LogP contribution in [-0.4, -0.2) is 35.2 Å². The lowest BCUT2D eigenvalue weighted by Crippen LogP contribution is -2.19. The number of hydrogen-bond donors (Lipinski definition) is 2. The van der Waals surface area contributed by atoms with E-state index in [-0.39, 0.29) is 5.69 Å². The van der Waals surface area contributed by atoms with Crippen molar-refractivity contribution < 1.29 is 0 Å². The number of aryl methyl sites for hydroxylation is 1. The van der Waals surface area contributed by atoms with Crippen LogP contribution in [0.1, 0.15) is 29.7 Å². The summed E-state index contributed by atoms with van der Waals surface area (Å²) in [4.78, 5) is 19.9. The maximum Gasteiger partial charge on any atom is 0.326 e. The van der Waals surface area contributed by atoms with Crippen LogP contribution in [0.5, 0.6) is 0 Å². The van der Waals surface area contributed by atoms with Crippen LogP contribution in [0.3, 0.4) is 0 Å². The molecule has 0 aliphatic heterocycles. The van der Waals surface area contributed by atoms with Gasteiger partial charge in [-0.05, 0) is 60.2 Å². The number of hydrogen-bond acceptors (Lipinski definition) is 5. The number of aromatic amines is 2. The Kier molecular flexibility index (Phi) is 7.25. The Morgan fingerprint density at radius 2 is 1.67 bits per heavy atom. The van der Waals surface area contributed by atoms with Gasteiger partial charge < -0.3 is 4.98 Å². The zero-order valence-electron chi connectivity index (χ0n) is 19.3. The highest BCUT2D eigenvalue weighted by atomic mass is 35.5. The Labute approximate surface area is 217 Å². The van der Waals surface area contributed by atoms with Gasteiger partial charge in [0, 0.05) is 39.3 Å². The topological polar surface area (TPSA) is 105 Å². The number of tetrazole rings is 1. The molecular weight excluding hydrogens is 497 g/mol. The van der Waals surface area contributed by atoms with E-state index < -0.39 is 0 Å². The molecule has 0 aliphatic rings. The fourth-order valence-corrected chi connectivity index (χ4v) is 4.81. The van der Waals surface area contributed by atoms with Gasteiger partial charge >= 0.3 is 5.69 Å². The van der Waals surface area contributed by atoms with E-state index in [1.807, 2.05) is 54.6 Å². The zero-order valence-corrected chi connectivity index (χ0v) is 20.8. The second-order valence-electron chi connectivity index (χ2n) is 8.41. The largest absolute Gasteiger partial charge is 0.326 e. The number of benzene rings is 2. The Hall–Kier alpha value is -3.75. The third-order valence-corrected chi connectivity index (χ3v) is 6.79. The maximum absolute atomic E-state index is 12.5. The van der Waals surface area contributed by atoms with Crippen molar-refractivity contribution in [1.82, 2.24) is 35.2 Å². The zero-order chi connectivity index (χ0) is 24.9. The van der Waals surface area contributed by atoms with Crippen LogP contribution in [0, 0.1) is 0 Å². The van der Waals surface area contributed by atoms with Crippen molar-refractivity contribution in [2.45, 2.75) is 32.2 Å². The molecule has 3 aromatic heterocycles. The van der Waals surface area contributed by atoms with E-state index in [1.54, 1.807) is 17.0 Å². The summed E-state index contributed by atoms with van der Waals surface area (Å²) in [6.45, 7) is 0.438. The number of unbranched alkanes of at least 4 members (excludes halogenated alkanes) is 1. The Balaban J connectivity index is 1.26. The van der Waals surface area contributed by atoms with Gasteiger partial charge in [-0.3, -0.25) is 9.55 Å². The van der Waals surface area contributed by atoms with Crippen molar-refractivity contribution in [2.75, 3.05) is 0 Å². The second-order valence-corrected chi connectivity index (χ2v) is 9.23. The van der Waals surface area contributed by atoms with Crippen molar-refractivity contribution >= 4 is 23.2 Å². The highest BCUT2D eigenvalue weighted by molar-refractivity contribution is 6.35. The van der Waals surface area contributed by atoms with Gasteiger partial charge in [0.05, 0.1) is 12.2 Å². The average Bonchev–Trinajstić information content (AvgIpc) is 3.55. The molecule has 36 heavy (non-hydrogen) atoms. The van der Waals surface area contributed by atoms with E-state index in [1.165, 1.54) is 0 Å². The summed E-state index contributed by atoms with van der Waals surface area (Å²) in [6, 6.07) is 17.3. The van der Waals surface area contributed by atoms with Crippen LogP contribution in [-0.2, 0) is 19.4 Å². The smallest absolute Gasteiger partial charge is 0.312 e. The highest BCUT2D eigenvalue weighted by Gasteiger charge is 2.13.